The minimum Gasteiger partial charge on any atom is -0.508 e. The van der Waals surface area contributed by atoms with Crippen molar-refractivity contribution in [2.24, 2.45) is 5.92 Å². The summed E-state index contributed by atoms with van der Waals surface area (Å²) in [4.78, 5) is 0. The first-order chi connectivity index (χ1) is 10.4. The molecular weight excluding hydrogens is 276 g/mol. The second-order valence-electron chi connectivity index (χ2n) is 6.44. The second kappa shape index (κ2) is 5.24. The third kappa shape index (κ3) is 2.41. The maximum absolute atomic E-state index is 10.00. The number of aromatic hydroxyl groups is 2. The molecule has 0 spiro atoms. The van der Waals surface area contributed by atoms with Gasteiger partial charge in [-0.15, -0.1) is 0 Å². The number of hydrogen-bond donors (Lipinski definition) is 2. The average Bonchev–Trinajstić information content (AvgIpc) is 2.44. The number of hydrogen-bond acceptors (Lipinski definition) is 3. The predicted molar refractivity (Wildman–Crippen MR) is 86.7 cm³/mol. The molecule has 0 saturated carbocycles. The van der Waals surface area contributed by atoms with E-state index in [-0.39, 0.29) is 23.5 Å². The smallest absolute Gasteiger partial charge is 0.130 e. The van der Waals surface area contributed by atoms with Crippen LogP contribution in [0.4, 0.5) is 0 Å². The molecule has 0 saturated heterocycles. The van der Waals surface area contributed by atoms with Gasteiger partial charge in [-0.1, -0.05) is 19.1 Å². The SMILES string of the molecule is Cc1cc(C2Oc3cc(O)cc(O)c3CC2C)cc(C)c1C. The Morgan fingerprint density at radius 3 is 2.27 bits per heavy atom. The van der Waals surface area contributed by atoms with E-state index in [0.29, 0.717) is 5.75 Å². The van der Waals surface area contributed by atoms with Crippen molar-refractivity contribution in [3.05, 3.63) is 52.1 Å². The molecule has 2 unspecified atom stereocenters. The van der Waals surface area contributed by atoms with Gasteiger partial charge in [0.1, 0.15) is 23.4 Å². The molecule has 2 N–H and O–H groups in total. The number of aryl methyl sites for hydroxylation is 2. The Balaban J connectivity index is 2.03. The Morgan fingerprint density at radius 1 is 1.00 bits per heavy atom. The number of benzene rings is 2. The van der Waals surface area contributed by atoms with Gasteiger partial charge >= 0.3 is 0 Å². The van der Waals surface area contributed by atoms with Crippen LogP contribution in [-0.4, -0.2) is 10.2 Å². The minimum absolute atomic E-state index is 0.0285. The standard InChI is InChI=1S/C19H22O3/c1-10-5-14(6-11(2)13(10)4)19-12(3)7-16-17(21)8-15(20)9-18(16)22-19/h5-6,8-9,12,19-21H,7H2,1-4H3. The van der Waals surface area contributed by atoms with Gasteiger partial charge in [0.15, 0.2) is 0 Å². The number of phenolic OH excluding ortho intramolecular Hbond substituents is 2. The first kappa shape index (κ1) is 14.8. The fraction of sp³-hybridized carbons (Fsp3) is 0.368. The summed E-state index contributed by atoms with van der Waals surface area (Å²) in [5.41, 5.74) is 5.76. The Kier molecular flexibility index (Phi) is 3.51. The number of rotatable bonds is 1. The zero-order valence-corrected chi connectivity index (χ0v) is 13.5. The molecule has 0 amide bonds. The highest BCUT2D eigenvalue weighted by Crippen LogP contribution is 2.44. The van der Waals surface area contributed by atoms with Crippen LogP contribution in [0, 0.1) is 26.7 Å². The average molecular weight is 298 g/mol. The molecule has 1 heterocycles. The normalized spacial score (nSPS) is 20.4. The van der Waals surface area contributed by atoms with Crippen LogP contribution >= 0.6 is 0 Å². The second-order valence-corrected chi connectivity index (χ2v) is 6.44. The van der Waals surface area contributed by atoms with E-state index in [9.17, 15) is 10.2 Å². The van der Waals surface area contributed by atoms with Crippen molar-refractivity contribution in [3.8, 4) is 17.2 Å². The van der Waals surface area contributed by atoms with Gasteiger partial charge in [-0.05, 0) is 49.4 Å². The maximum Gasteiger partial charge on any atom is 0.130 e. The number of ether oxygens (including phenoxy) is 1. The molecule has 3 heteroatoms. The van der Waals surface area contributed by atoms with Gasteiger partial charge in [-0.3, -0.25) is 0 Å². The van der Waals surface area contributed by atoms with E-state index < -0.39 is 0 Å². The van der Waals surface area contributed by atoms with E-state index in [0.717, 1.165) is 17.5 Å². The first-order valence-corrected chi connectivity index (χ1v) is 7.66. The van der Waals surface area contributed by atoms with Gasteiger partial charge in [0, 0.05) is 23.6 Å². The molecule has 0 radical (unpaired) electrons. The van der Waals surface area contributed by atoms with Crippen LogP contribution in [0.15, 0.2) is 24.3 Å². The molecule has 0 fully saturated rings. The van der Waals surface area contributed by atoms with E-state index in [1.54, 1.807) is 6.07 Å². The summed E-state index contributed by atoms with van der Waals surface area (Å²) in [7, 11) is 0. The summed E-state index contributed by atoms with van der Waals surface area (Å²) in [6, 6.07) is 7.31. The number of fused-ring (bicyclic) bond motifs is 1. The Bertz CT molecular complexity index is 711. The molecule has 3 rings (SSSR count). The third-order valence-corrected chi connectivity index (χ3v) is 4.74. The highest BCUT2D eigenvalue weighted by molar-refractivity contribution is 5.51. The van der Waals surface area contributed by atoms with Crippen molar-refractivity contribution in [1.82, 2.24) is 0 Å². The van der Waals surface area contributed by atoms with Crippen LogP contribution in [-0.2, 0) is 6.42 Å². The van der Waals surface area contributed by atoms with Crippen LogP contribution in [0.25, 0.3) is 0 Å². The van der Waals surface area contributed by atoms with Crippen LogP contribution in [0.5, 0.6) is 17.2 Å². The minimum atomic E-state index is -0.0632. The molecule has 1 aliphatic heterocycles. The van der Waals surface area contributed by atoms with Gasteiger partial charge in [0.05, 0.1) is 0 Å². The van der Waals surface area contributed by atoms with Crippen molar-refractivity contribution in [3.63, 3.8) is 0 Å². The molecular formula is C19H22O3. The highest BCUT2D eigenvalue weighted by atomic mass is 16.5. The summed E-state index contributed by atoms with van der Waals surface area (Å²) in [6.45, 7) is 8.49. The molecule has 2 atom stereocenters. The van der Waals surface area contributed by atoms with Crippen molar-refractivity contribution < 1.29 is 14.9 Å². The molecule has 0 bridgehead atoms. The van der Waals surface area contributed by atoms with Crippen LogP contribution in [0.3, 0.4) is 0 Å². The van der Waals surface area contributed by atoms with Gasteiger partial charge in [0.25, 0.3) is 0 Å². The molecule has 1 aliphatic rings. The summed E-state index contributed by atoms with van der Waals surface area (Å²) in [5.74, 6) is 0.971. The summed E-state index contributed by atoms with van der Waals surface area (Å²) in [5, 5.41) is 19.7. The molecule has 3 nitrogen and oxygen atoms in total. The summed E-state index contributed by atoms with van der Waals surface area (Å²) in [6.07, 6.45) is 0.671. The maximum atomic E-state index is 10.00. The van der Waals surface area contributed by atoms with Crippen LogP contribution in [0.1, 0.15) is 40.8 Å². The number of phenols is 2. The van der Waals surface area contributed by atoms with E-state index in [2.05, 4.69) is 39.8 Å². The van der Waals surface area contributed by atoms with Crippen molar-refractivity contribution in [2.75, 3.05) is 0 Å². The fourth-order valence-electron chi connectivity index (χ4n) is 3.24. The van der Waals surface area contributed by atoms with Gasteiger partial charge < -0.3 is 14.9 Å². The van der Waals surface area contributed by atoms with Crippen molar-refractivity contribution >= 4 is 0 Å². The van der Waals surface area contributed by atoms with E-state index in [1.165, 1.54) is 22.8 Å². The molecule has 22 heavy (non-hydrogen) atoms. The van der Waals surface area contributed by atoms with Gasteiger partial charge in [0.2, 0.25) is 0 Å². The van der Waals surface area contributed by atoms with Gasteiger partial charge in [-0.2, -0.15) is 0 Å². The fourth-order valence-corrected chi connectivity index (χ4v) is 3.24. The van der Waals surface area contributed by atoms with Crippen molar-refractivity contribution in [2.45, 2.75) is 40.2 Å². The summed E-state index contributed by atoms with van der Waals surface area (Å²) >= 11 is 0. The van der Waals surface area contributed by atoms with E-state index >= 15 is 0 Å². The zero-order chi connectivity index (χ0) is 16.0. The Labute approximate surface area is 131 Å². The monoisotopic (exact) mass is 298 g/mol. The zero-order valence-electron chi connectivity index (χ0n) is 13.5. The van der Waals surface area contributed by atoms with E-state index in [1.807, 2.05) is 0 Å². The third-order valence-electron chi connectivity index (χ3n) is 4.74. The predicted octanol–water partition coefficient (Wildman–Crippen LogP) is 4.34. The molecule has 2 aromatic carbocycles. The van der Waals surface area contributed by atoms with Gasteiger partial charge in [-0.25, -0.2) is 0 Å². The Morgan fingerprint density at radius 2 is 1.64 bits per heavy atom. The van der Waals surface area contributed by atoms with Crippen LogP contribution < -0.4 is 4.74 Å². The highest BCUT2D eigenvalue weighted by Gasteiger charge is 2.30. The summed E-state index contributed by atoms with van der Waals surface area (Å²) < 4.78 is 6.12. The topological polar surface area (TPSA) is 49.7 Å². The molecule has 0 aromatic heterocycles. The quantitative estimate of drug-likeness (QED) is 0.823. The first-order valence-electron chi connectivity index (χ1n) is 7.66. The molecule has 0 aliphatic carbocycles. The molecule has 2 aromatic rings. The lowest BCUT2D eigenvalue weighted by Crippen LogP contribution is -2.24. The lowest BCUT2D eigenvalue weighted by atomic mass is 9.86. The largest absolute Gasteiger partial charge is 0.508 e. The van der Waals surface area contributed by atoms with Crippen molar-refractivity contribution in [1.29, 1.82) is 0 Å². The van der Waals surface area contributed by atoms with E-state index in [4.69, 9.17) is 4.74 Å². The lowest BCUT2D eigenvalue weighted by Gasteiger charge is -2.33. The lowest BCUT2D eigenvalue weighted by molar-refractivity contribution is 0.121. The Hall–Kier alpha value is -2.16. The molecule has 116 valence electrons. The van der Waals surface area contributed by atoms with Crippen LogP contribution in [0.2, 0.25) is 0 Å².